The highest BCUT2D eigenvalue weighted by Crippen LogP contribution is 2.16. The third kappa shape index (κ3) is 3.30. The van der Waals surface area contributed by atoms with Crippen molar-refractivity contribution >= 4 is 21.8 Å². The Bertz CT molecular complexity index is 363. The molecule has 1 amide bonds. The Morgan fingerprint density at radius 3 is 2.76 bits per heavy atom. The van der Waals surface area contributed by atoms with Crippen molar-refractivity contribution in [2.75, 3.05) is 18.5 Å². The van der Waals surface area contributed by atoms with Crippen LogP contribution in [0.1, 0.15) is 12.0 Å². The van der Waals surface area contributed by atoms with Crippen molar-refractivity contribution in [2.24, 2.45) is 0 Å². The lowest BCUT2D eigenvalue weighted by Crippen LogP contribution is -2.40. The van der Waals surface area contributed by atoms with Gasteiger partial charge in [-0.15, -0.1) is 0 Å². The van der Waals surface area contributed by atoms with Crippen LogP contribution in [0, 0.1) is 0 Å². The summed E-state index contributed by atoms with van der Waals surface area (Å²) in [6.45, 7) is 2.08. The zero-order chi connectivity index (χ0) is 12.1. The molecule has 17 heavy (non-hydrogen) atoms. The summed E-state index contributed by atoms with van der Waals surface area (Å²) in [5, 5.41) is 0.371. The highest BCUT2D eigenvalue weighted by atomic mass is 79.9. The third-order valence-corrected chi connectivity index (χ3v) is 3.46. The van der Waals surface area contributed by atoms with Crippen LogP contribution in [-0.4, -0.2) is 35.4 Å². The zero-order valence-electron chi connectivity index (χ0n) is 9.64. The third-order valence-electron chi connectivity index (χ3n) is 2.98. The first-order valence-electron chi connectivity index (χ1n) is 5.78. The summed E-state index contributed by atoms with van der Waals surface area (Å²) >= 11 is 3.24. The molecule has 1 fully saturated rings. The molecule has 0 unspecified atom stereocenters. The van der Waals surface area contributed by atoms with Crippen molar-refractivity contribution in [3.63, 3.8) is 0 Å². The average Bonchev–Trinajstić information content (AvgIpc) is 2.90. The predicted molar refractivity (Wildman–Crippen MR) is 70.0 cm³/mol. The summed E-state index contributed by atoms with van der Waals surface area (Å²) in [7, 11) is 0. The van der Waals surface area contributed by atoms with Crippen LogP contribution < -0.4 is 0 Å². The molecule has 2 rings (SSSR count). The van der Waals surface area contributed by atoms with Crippen LogP contribution in [0.5, 0.6) is 0 Å². The molecule has 0 bridgehead atoms. The van der Waals surface area contributed by atoms with Crippen molar-refractivity contribution in [2.45, 2.75) is 19.0 Å². The number of benzene rings is 1. The van der Waals surface area contributed by atoms with Gasteiger partial charge in [-0.1, -0.05) is 46.3 Å². The Morgan fingerprint density at radius 2 is 2.18 bits per heavy atom. The van der Waals surface area contributed by atoms with Crippen LogP contribution in [0.15, 0.2) is 30.3 Å². The van der Waals surface area contributed by atoms with Gasteiger partial charge in [0.1, 0.15) is 0 Å². The van der Waals surface area contributed by atoms with Crippen LogP contribution in [0.25, 0.3) is 0 Å². The van der Waals surface area contributed by atoms with Crippen LogP contribution in [0.4, 0.5) is 0 Å². The minimum Gasteiger partial charge on any atom is -0.379 e. The molecule has 1 aliphatic heterocycles. The molecule has 4 heteroatoms. The van der Waals surface area contributed by atoms with E-state index in [1.807, 2.05) is 35.2 Å². The van der Waals surface area contributed by atoms with Gasteiger partial charge in [0.25, 0.3) is 0 Å². The standard InChI is InChI=1S/C13H16BrNO2/c14-8-13(16)15(12-6-7-17-10-12)9-11-4-2-1-3-5-11/h1-5,12H,6-10H2/t12-/m0/s1. The average molecular weight is 298 g/mol. The molecule has 0 N–H and O–H groups in total. The molecular weight excluding hydrogens is 282 g/mol. The first-order chi connectivity index (χ1) is 8.31. The Balaban J connectivity index is 2.07. The van der Waals surface area contributed by atoms with Crippen LogP contribution in [-0.2, 0) is 16.1 Å². The molecule has 0 saturated carbocycles. The summed E-state index contributed by atoms with van der Waals surface area (Å²) in [6, 6.07) is 10.3. The second-order valence-corrected chi connectivity index (χ2v) is 4.72. The van der Waals surface area contributed by atoms with Gasteiger partial charge in [-0.25, -0.2) is 0 Å². The molecule has 1 atom stereocenters. The monoisotopic (exact) mass is 297 g/mol. The van der Waals surface area contributed by atoms with Crippen molar-refractivity contribution in [3.8, 4) is 0 Å². The molecule has 1 aliphatic rings. The number of ether oxygens (including phenoxy) is 1. The van der Waals surface area contributed by atoms with Gasteiger partial charge < -0.3 is 9.64 Å². The molecule has 0 radical (unpaired) electrons. The van der Waals surface area contributed by atoms with E-state index in [0.717, 1.165) is 18.6 Å². The molecule has 1 heterocycles. The van der Waals surface area contributed by atoms with Crippen molar-refractivity contribution in [1.29, 1.82) is 0 Å². The van der Waals surface area contributed by atoms with E-state index < -0.39 is 0 Å². The maximum Gasteiger partial charge on any atom is 0.233 e. The normalized spacial score (nSPS) is 19.2. The van der Waals surface area contributed by atoms with Gasteiger partial charge in [-0.05, 0) is 12.0 Å². The summed E-state index contributed by atoms with van der Waals surface area (Å²) in [5.41, 5.74) is 1.16. The highest BCUT2D eigenvalue weighted by Gasteiger charge is 2.26. The fraction of sp³-hybridized carbons (Fsp3) is 0.462. The summed E-state index contributed by atoms with van der Waals surface area (Å²) in [4.78, 5) is 13.8. The van der Waals surface area contributed by atoms with E-state index in [-0.39, 0.29) is 11.9 Å². The molecule has 3 nitrogen and oxygen atoms in total. The Morgan fingerprint density at radius 1 is 1.41 bits per heavy atom. The fourth-order valence-corrected chi connectivity index (χ4v) is 2.37. The lowest BCUT2D eigenvalue weighted by Gasteiger charge is -2.27. The SMILES string of the molecule is O=C(CBr)N(Cc1ccccc1)[C@H]1CCOC1. The van der Waals surface area contributed by atoms with Gasteiger partial charge in [0.2, 0.25) is 5.91 Å². The van der Waals surface area contributed by atoms with Gasteiger partial charge in [0.05, 0.1) is 18.0 Å². The predicted octanol–water partition coefficient (Wildman–Crippen LogP) is 2.20. The van der Waals surface area contributed by atoms with Gasteiger partial charge in [-0.3, -0.25) is 4.79 Å². The molecule has 1 aromatic carbocycles. The van der Waals surface area contributed by atoms with E-state index in [9.17, 15) is 4.79 Å². The fourth-order valence-electron chi connectivity index (χ4n) is 2.05. The maximum atomic E-state index is 11.9. The first-order valence-corrected chi connectivity index (χ1v) is 6.90. The topological polar surface area (TPSA) is 29.5 Å². The number of rotatable bonds is 4. The van der Waals surface area contributed by atoms with Crippen LogP contribution in [0.2, 0.25) is 0 Å². The zero-order valence-corrected chi connectivity index (χ0v) is 11.2. The molecule has 0 aromatic heterocycles. The van der Waals surface area contributed by atoms with Crippen molar-refractivity contribution in [3.05, 3.63) is 35.9 Å². The number of alkyl halides is 1. The first kappa shape index (κ1) is 12.6. The van der Waals surface area contributed by atoms with E-state index >= 15 is 0 Å². The number of halogens is 1. The second kappa shape index (κ2) is 6.17. The van der Waals surface area contributed by atoms with E-state index in [1.165, 1.54) is 0 Å². The van der Waals surface area contributed by atoms with Crippen molar-refractivity contribution < 1.29 is 9.53 Å². The highest BCUT2D eigenvalue weighted by molar-refractivity contribution is 9.09. The Labute approximate surface area is 110 Å². The number of carbonyl (C=O) groups is 1. The Hall–Kier alpha value is -0.870. The largest absolute Gasteiger partial charge is 0.379 e. The molecule has 0 spiro atoms. The molecule has 0 aliphatic carbocycles. The van der Waals surface area contributed by atoms with E-state index in [4.69, 9.17) is 4.74 Å². The quantitative estimate of drug-likeness (QED) is 0.798. The smallest absolute Gasteiger partial charge is 0.233 e. The van der Waals surface area contributed by atoms with Gasteiger partial charge in [0, 0.05) is 13.2 Å². The summed E-state index contributed by atoms with van der Waals surface area (Å²) in [6.07, 6.45) is 0.936. The molecule has 92 valence electrons. The van der Waals surface area contributed by atoms with Crippen LogP contribution >= 0.6 is 15.9 Å². The van der Waals surface area contributed by atoms with Gasteiger partial charge in [-0.2, -0.15) is 0 Å². The van der Waals surface area contributed by atoms with E-state index in [2.05, 4.69) is 15.9 Å². The molecule has 1 saturated heterocycles. The Kier molecular flexibility index (Phi) is 4.57. The molecular formula is C13H16BrNO2. The number of hydrogen-bond acceptors (Lipinski definition) is 2. The van der Waals surface area contributed by atoms with Crippen molar-refractivity contribution in [1.82, 2.24) is 4.90 Å². The maximum absolute atomic E-state index is 11.9. The minimum atomic E-state index is 0.129. The number of hydrogen-bond donors (Lipinski definition) is 0. The number of carbonyl (C=O) groups excluding carboxylic acids is 1. The summed E-state index contributed by atoms with van der Waals surface area (Å²) in [5.74, 6) is 0.129. The number of amides is 1. The van der Waals surface area contributed by atoms with Gasteiger partial charge >= 0.3 is 0 Å². The lowest BCUT2D eigenvalue weighted by atomic mass is 10.1. The summed E-state index contributed by atoms with van der Waals surface area (Å²) < 4.78 is 5.36. The minimum absolute atomic E-state index is 0.129. The van der Waals surface area contributed by atoms with Crippen LogP contribution in [0.3, 0.4) is 0 Å². The molecule has 1 aromatic rings. The van der Waals surface area contributed by atoms with Gasteiger partial charge in [0.15, 0.2) is 0 Å². The van der Waals surface area contributed by atoms with E-state index in [1.54, 1.807) is 0 Å². The lowest BCUT2D eigenvalue weighted by molar-refractivity contribution is -0.131. The van der Waals surface area contributed by atoms with E-state index in [0.29, 0.717) is 18.5 Å². The number of nitrogens with zero attached hydrogens (tertiary/aromatic N) is 1. The second-order valence-electron chi connectivity index (χ2n) is 4.16.